The Labute approximate surface area is 96.7 Å². The van der Waals surface area contributed by atoms with Crippen molar-refractivity contribution in [2.75, 3.05) is 6.79 Å². The van der Waals surface area contributed by atoms with Crippen LogP contribution in [0.4, 0.5) is 0 Å². The minimum absolute atomic E-state index is 0.148. The van der Waals surface area contributed by atoms with Crippen molar-refractivity contribution in [2.45, 2.75) is 12.1 Å². The van der Waals surface area contributed by atoms with Gasteiger partial charge in [0.1, 0.15) is 12.1 Å². The van der Waals surface area contributed by atoms with Gasteiger partial charge >= 0.3 is 0 Å². The lowest BCUT2D eigenvalue weighted by Gasteiger charge is -2.15. The fraction of sp³-hybridized carbons (Fsp3) is 0.300. The number of fused-ring (bicyclic) bond motifs is 1. The summed E-state index contributed by atoms with van der Waals surface area (Å²) in [6, 6.07) is 3.68. The number of halogens is 1. The van der Waals surface area contributed by atoms with Gasteiger partial charge in [0.05, 0.1) is 0 Å². The van der Waals surface area contributed by atoms with Crippen LogP contribution >= 0.6 is 11.6 Å². The number of nitrogens with two attached hydrogens (primary N) is 1. The number of carbonyl (C=O) groups is 1. The van der Waals surface area contributed by atoms with E-state index >= 15 is 0 Å². The highest BCUT2D eigenvalue weighted by atomic mass is 35.5. The van der Waals surface area contributed by atoms with Crippen molar-refractivity contribution in [1.29, 1.82) is 0 Å². The number of hydrogen-bond acceptors (Lipinski definition) is 5. The van der Waals surface area contributed by atoms with Crippen LogP contribution in [0.3, 0.4) is 0 Å². The van der Waals surface area contributed by atoms with E-state index in [1.54, 1.807) is 18.2 Å². The maximum Gasteiger partial charge on any atom is 0.241 e. The molecule has 1 heterocycles. The number of benzene rings is 1. The Kier molecular flexibility index (Phi) is 3.00. The quantitative estimate of drug-likeness (QED) is 0.758. The van der Waals surface area contributed by atoms with E-state index in [4.69, 9.17) is 26.8 Å². The van der Waals surface area contributed by atoms with E-state index in [-0.39, 0.29) is 6.79 Å². The standard InChI is InChI=1S/C10H10ClNO4/c11-10(14)8(12)9(13)5-1-2-6-7(3-5)16-4-15-6/h1-3,8-9,13H,4,12H2/t8-,9+/m0/s1. The molecule has 0 aliphatic carbocycles. The zero-order chi connectivity index (χ0) is 11.7. The molecule has 0 bridgehead atoms. The highest BCUT2D eigenvalue weighted by Crippen LogP contribution is 2.34. The molecule has 1 aliphatic heterocycles. The van der Waals surface area contributed by atoms with Gasteiger partial charge in [-0.15, -0.1) is 0 Å². The van der Waals surface area contributed by atoms with Crippen LogP contribution < -0.4 is 15.2 Å². The monoisotopic (exact) mass is 243 g/mol. The van der Waals surface area contributed by atoms with Crippen LogP contribution in [0.1, 0.15) is 11.7 Å². The van der Waals surface area contributed by atoms with E-state index in [0.717, 1.165) is 0 Å². The Hall–Kier alpha value is -1.30. The van der Waals surface area contributed by atoms with Gasteiger partial charge in [-0.25, -0.2) is 0 Å². The lowest BCUT2D eigenvalue weighted by molar-refractivity contribution is -0.115. The predicted molar refractivity (Wildman–Crippen MR) is 56.4 cm³/mol. The van der Waals surface area contributed by atoms with Crippen LogP contribution in [0, 0.1) is 0 Å². The first-order valence-electron chi connectivity index (χ1n) is 4.62. The number of rotatable bonds is 3. The third-order valence-corrected chi connectivity index (χ3v) is 2.59. The summed E-state index contributed by atoms with van der Waals surface area (Å²) >= 11 is 5.21. The van der Waals surface area contributed by atoms with E-state index in [1.165, 1.54) is 0 Å². The van der Waals surface area contributed by atoms with E-state index in [9.17, 15) is 9.90 Å². The molecule has 1 aliphatic rings. The molecule has 0 radical (unpaired) electrons. The topological polar surface area (TPSA) is 81.8 Å². The molecule has 0 spiro atoms. The molecule has 2 rings (SSSR count). The minimum atomic E-state index is -1.15. The second-order valence-electron chi connectivity index (χ2n) is 3.39. The third-order valence-electron chi connectivity index (χ3n) is 2.34. The maximum absolute atomic E-state index is 10.8. The lowest BCUT2D eigenvalue weighted by Crippen LogP contribution is -2.33. The summed E-state index contributed by atoms with van der Waals surface area (Å²) in [5.74, 6) is 1.12. The summed E-state index contributed by atoms with van der Waals surface area (Å²) in [5, 5.41) is 8.98. The van der Waals surface area contributed by atoms with Crippen molar-refractivity contribution in [3.8, 4) is 11.5 Å². The van der Waals surface area contributed by atoms with Crippen LogP contribution in [0.5, 0.6) is 11.5 Å². The van der Waals surface area contributed by atoms with Crippen molar-refractivity contribution >= 4 is 16.8 Å². The van der Waals surface area contributed by atoms with Crippen LogP contribution in [0.2, 0.25) is 0 Å². The highest BCUT2D eigenvalue weighted by Gasteiger charge is 2.24. The number of hydrogen-bond donors (Lipinski definition) is 2. The molecule has 3 N–H and O–H groups in total. The molecule has 5 nitrogen and oxygen atoms in total. The van der Waals surface area contributed by atoms with E-state index < -0.39 is 17.4 Å². The van der Waals surface area contributed by atoms with Gasteiger partial charge in [0.2, 0.25) is 12.0 Å². The highest BCUT2D eigenvalue weighted by molar-refractivity contribution is 6.64. The largest absolute Gasteiger partial charge is 0.454 e. The molecule has 1 aromatic carbocycles. The molecule has 6 heteroatoms. The molecule has 16 heavy (non-hydrogen) atoms. The third kappa shape index (κ3) is 1.97. The van der Waals surface area contributed by atoms with Gasteiger partial charge in [-0.1, -0.05) is 6.07 Å². The number of ether oxygens (including phenoxy) is 2. The second kappa shape index (κ2) is 4.29. The van der Waals surface area contributed by atoms with Gasteiger partial charge in [-0.2, -0.15) is 0 Å². The maximum atomic E-state index is 10.8. The second-order valence-corrected chi connectivity index (χ2v) is 3.76. The molecular weight excluding hydrogens is 234 g/mol. The average Bonchev–Trinajstić information content (AvgIpc) is 2.73. The van der Waals surface area contributed by atoms with Crippen LogP contribution in [0.25, 0.3) is 0 Å². The first-order valence-corrected chi connectivity index (χ1v) is 5.00. The molecule has 86 valence electrons. The minimum Gasteiger partial charge on any atom is -0.454 e. The molecule has 1 aromatic rings. The first-order chi connectivity index (χ1) is 7.59. The SMILES string of the molecule is N[C@H](C(=O)Cl)[C@H](O)c1ccc2c(c1)OCO2. The Bertz CT molecular complexity index is 423. The molecule has 0 amide bonds. The van der Waals surface area contributed by atoms with Gasteiger partial charge in [0.25, 0.3) is 0 Å². The molecular formula is C10H10ClNO4. The fourth-order valence-corrected chi connectivity index (χ4v) is 1.55. The van der Waals surface area contributed by atoms with Crippen molar-refractivity contribution < 1.29 is 19.4 Å². The van der Waals surface area contributed by atoms with Crippen LogP contribution in [0.15, 0.2) is 18.2 Å². The molecule has 0 saturated heterocycles. The summed E-state index contributed by atoms with van der Waals surface area (Å²) < 4.78 is 10.3. The molecule has 0 fully saturated rings. The number of aliphatic hydroxyl groups is 1. The Morgan fingerprint density at radius 3 is 2.81 bits per heavy atom. The summed E-state index contributed by atoms with van der Waals surface area (Å²) in [6.07, 6.45) is -1.15. The molecule has 0 aromatic heterocycles. The van der Waals surface area contributed by atoms with Gasteiger partial charge in [0, 0.05) is 0 Å². The van der Waals surface area contributed by atoms with E-state index in [1.807, 2.05) is 0 Å². The predicted octanol–water partition coefficient (Wildman–Crippen LogP) is 0.541. The van der Waals surface area contributed by atoms with Gasteiger partial charge in [-0.3, -0.25) is 4.79 Å². The average molecular weight is 244 g/mol. The first kappa shape index (κ1) is 11.2. The van der Waals surface area contributed by atoms with Crippen molar-refractivity contribution in [3.63, 3.8) is 0 Å². The Balaban J connectivity index is 2.24. The molecule has 0 saturated carbocycles. The van der Waals surface area contributed by atoms with Crippen molar-refractivity contribution in [3.05, 3.63) is 23.8 Å². The summed E-state index contributed by atoms with van der Waals surface area (Å²) in [4.78, 5) is 10.8. The fourth-order valence-electron chi connectivity index (χ4n) is 1.43. The van der Waals surface area contributed by atoms with Crippen molar-refractivity contribution in [2.24, 2.45) is 5.73 Å². The normalized spacial score (nSPS) is 16.9. The lowest BCUT2D eigenvalue weighted by atomic mass is 10.0. The zero-order valence-electron chi connectivity index (χ0n) is 8.22. The number of aliphatic hydroxyl groups excluding tert-OH is 1. The van der Waals surface area contributed by atoms with Gasteiger partial charge in [0.15, 0.2) is 11.5 Å². The van der Waals surface area contributed by atoms with Crippen LogP contribution in [-0.4, -0.2) is 23.2 Å². The molecule has 2 atom stereocenters. The van der Waals surface area contributed by atoms with Gasteiger partial charge in [-0.05, 0) is 29.3 Å². The van der Waals surface area contributed by atoms with E-state index in [0.29, 0.717) is 17.1 Å². The van der Waals surface area contributed by atoms with Crippen LogP contribution in [-0.2, 0) is 4.79 Å². The Morgan fingerprint density at radius 2 is 2.12 bits per heavy atom. The molecule has 0 unspecified atom stereocenters. The van der Waals surface area contributed by atoms with Gasteiger partial charge < -0.3 is 20.3 Å². The Morgan fingerprint density at radius 1 is 1.44 bits per heavy atom. The summed E-state index contributed by atoms with van der Waals surface area (Å²) in [6.45, 7) is 0.148. The summed E-state index contributed by atoms with van der Waals surface area (Å²) in [7, 11) is 0. The van der Waals surface area contributed by atoms with Crippen molar-refractivity contribution in [1.82, 2.24) is 0 Å². The number of carbonyl (C=O) groups excluding carboxylic acids is 1. The van der Waals surface area contributed by atoms with E-state index in [2.05, 4.69) is 0 Å². The summed E-state index contributed by atoms with van der Waals surface area (Å²) in [5.41, 5.74) is 5.90. The zero-order valence-corrected chi connectivity index (χ0v) is 8.98. The smallest absolute Gasteiger partial charge is 0.241 e.